The molecule has 0 amide bonds. The van der Waals surface area contributed by atoms with E-state index in [1.165, 1.54) is 36.8 Å². The molecule has 0 fully saturated rings. The molecule has 0 spiro atoms. The number of non-ortho nitro benzene ring substituents is 1. The first-order valence-electron chi connectivity index (χ1n) is 8.65. The lowest BCUT2D eigenvalue weighted by molar-refractivity contribution is -0.384. The van der Waals surface area contributed by atoms with Crippen LogP contribution in [0.15, 0.2) is 68.2 Å². The smallest absolute Gasteiger partial charge is 0.345 e. The third kappa shape index (κ3) is 3.89. The second kappa shape index (κ2) is 8.13. The maximum Gasteiger partial charge on any atom is 0.345 e. The van der Waals surface area contributed by atoms with Gasteiger partial charge in [0.1, 0.15) is 0 Å². The van der Waals surface area contributed by atoms with Crippen molar-refractivity contribution in [3.05, 3.63) is 80.0 Å². The van der Waals surface area contributed by atoms with Crippen LogP contribution in [0.1, 0.15) is 5.56 Å². The van der Waals surface area contributed by atoms with Crippen molar-refractivity contribution in [1.29, 1.82) is 0 Å². The van der Waals surface area contributed by atoms with Crippen LogP contribution in [0, 0.1) is 10.1 Å². The van der Waals surface area contributed by atoms with Crippen LogP contribution in [-0.4, -0.2) is 23.2 Å². The molecule has 0 aliphatic carbocycles. The average Bonchev–Trinajstić information content (AvgIpc) is 3.22. The molecule has 0 aliphatic rings. The molecule has 0 saturated heterocycles. The number of nitrogens with one attached hydrogen (secondary N) is 1. The Morgan fingerprint density at radius 2 is 2.07 bits per heavy atom. The van der Waals surface area contributed by atoms with Crippen molar-refractivity contribution < 1.29 is 14.1 Å². The molecule has 0 aliphatic heterocycles. The number of anilines is 1. The van der Waals surface area contributed by atoms with E-state index >= 15 is 0 Å². The number of ether oxygens (including phenoxy) is 1. The van der Waals surface area contributed by atoms with Gasteiger partial charge in [-0.05, 0) is 29.8 Å². The summed E-state index contributed by atoms with van der Waals surface area (Å²) >= 11 is 1.28. The van der Waals surface area contributed by atoms with Crippen molar-refractivity contribution in [2.45, 2.75) is 0 Å². The molecule has 2 aromatic carbocycles. The SMILES string of the molecule is COc1cccc2cc(-c3csc(N/N=C\c4ccc([N+](=O)[O-])cc4)n3)c(=O)oc12. The highest BCUT2D eigenvalue weighted by atomic mass is 32.1. The maximum atomic E-state index is 12.4. The first-order chi connectivity index (χ1) is 14.5. The van der Waals surface area contributed by atoms with Gasteiger partial charge in [0.05, 0.1) is 29.5 Å². The average molecular weight is 422 g/mol. The molecule has 2 aromatic heterocycles. The number of aromatic nitrogens is 1. The monoisotopic (exact) mass is 422 g/mol. The molecule has 2 heterocycles. The second-order valence-corrected chi connectivity index (χ2v) is 6.94. The highest BCUT2D eigenvalue weighted by molar-refractivity contribution is 7.14. The van der Waals surface area contributed by atoms with E-state index in [4.69, 9.17) is 9.15 Å². The highest BCUT2D eigenvalue weighted by Crippen LogP contribution is 2.29. The van der Waals surface area contributed by atoms with Gasteiger partial charge in [0, 0.05) is 22.9 Å². The number of nitro groups is 1. The Balaban J connectivity index is 1.53. The van der Waals surface area contributed by atoms with Gasteiger partial charge in [-0.2, -0.15) is 5.10 Å². The van der Waals surface area contributed by atoms with Crippen LogP contribution < -0.4 is 15.8 Å². The molecular formula is C20H14N4O5S. The van der Waals surface area contributed by atoms with Crippen molar-refractivity contribution in [3.63, 3.8) is 0 Å². The number of hydrogen-bond acceptors (Lipinski definition) is 9. The molecule has 0 bridgehead atoms. The zero-order chi connectivity index (χ0) is 21.1. The summed E-state index contributed by atoms with van der Waals surface area (Å²) in [4.78, 5) is 27.0. The number of methoxy groups -OCH3 is 1. The highest BCUT2D eigenvalue weighted by Gasteiger charge is 2.13. The fraction of sp³-hybridized carbons (Fsp3) is 0.0500. The number of para-hydroxylation sites is 1. The molecule has 0 atom stereocenters. The van der Waals surface area contributed by atoms with Crippen molar-refractivity contribution in [2.24, 2.45) is 5.10 Å². The third-order valence-corrected chi connectivity index (χ3v) is 4.95. The molecule has 4 aromatic rings. The van der Waals surface area contributed by atoms with Crippen molar-refractivity contribution >= 4 is 39.3 Å². The standard InChI is InChI=1S/C20H14N4O5S/c1-28-17-4-2-3-13-9-15(19(25)29-18(13)17)16-11-30-20(22-16)23-21-10-12-5-7-14(8-6-12)24(26)27/h2-11H,1H3,(H,22,23)/b21-10-. The first-order valence-corrected chi connectivity index (χ1v) is 9.53. The van der Waals surface area contributed by atoms with Gasteiger partial charge >= 0.3 is 5.63 Å². The number of hydrazone groups is 1. The van der Waals surface area contributed by atoms with E-state index in [2.05, 4.69) is 15.5 Å². The Kier molecular flexibility index (Phi) is 5.22. The summed E-state index contributed by atoms with van der Waals surface area (Å²) in [5.41, 5.74) is 4.15. The summed E-state index contributed by atoms with van der Waals surface area (Å²) in [5.74, 6) is 0.484. The molecule has 9 nitrogen and oxygen atoms in total. The molecule has 150 valence electrons. The Labute approximate surface area is 173 Å². The van der Waals surface area contributed by atoms with Gasteiger partial charge in [-0.1, -0.05) is 12.1 Å². The number of fused-ring (bicyclic) bond motifs is 1. The summed E-state index contributed by atoms with van der Waals surface area (Å²) in [6.45, 7) is 0. The Morgan fingerprint density at radius 1 is 1.27 bits per heavy atom. The van der Waals surface area contributed by atoms with Crippen LogP contribution in [0.5, 0.6) is 5.75 Å². The minimum Gasteiger partial charge on any atom is -0.493 e. The van der Waals surface area contributed by atoms with Crippen LogP contribution in [0.2, 0.25) is 0 Å². The van der Waals surface area contributed by atoms with Crippen LogP contribution in [0.25, 0.3) is 22.2 Å². The number of benzene rings is 2. The van der Waals surface area contributed by atoms with Crippen molar-refractivity contribution in [3.8, 4) is 17.0 Å². The summed E-state index contributed by atoms with van der Waals surface area (Å²) in [6, 6.07) is 13.0. The van der Waals surface area contributed by atoms with Crippen molar-refractivity contribution in [1.82, 2.24) is 4.98 Å². The summed E-state index contributed by atoms with van der Waals surface area (Å²) in [6.07, 6.45) is 1.52. The zero-order valence-corrected chi connectivity index (χ0v) is 16.4. The Hall–Kier alpha value is -4.05. The van der Waals surface area contributed by atoms with E-state index in [0.29, 0.717) is 33.3 Å². The number of nitrogens with zero attached hydrogens (tertiary/aromatic N) is 3. The molecule has 0 saturated carbocycles. The maximum absolute atomic E-state index is 12.4. The van der Waals surface area contributed by atoms with E-state index in [-0.39, 0.29) is 5.69 Å². The van der Waals surface area contributed by atoms with Crippen LogP contribution in [0.3, 0.4) is 0 Å². The summed E-state index contributed by atoms with van der Waals surface area (Å²) in [7, 11) is 1.51. The van der Waals surface area contributed by atoms with Crippen LogP contribution >= 0.6 is 11.3 Å². The second-order valence-electron chi connectivity index (χ2n) is 6.08. The van der Waals surface area contributed by atoms with Crippen molar-refractivity contribution in [2.75, 3.05) is 12.5 Å². The van der Waals surface area contributed by atoms with Crippen LogP contribution in [0.4, 0.5) is 10.8 Å². The normalized spacial score (nSPS) is 11.1. The largest absolute Gasteiger partial charge is 0.493 e. The lowest BCUT2D eigenvalue weighted by Crippen LogP contribution is -2.03. The first kappa shape index (κ1) is 19.3. The number of thiazole rings is 1. The van der Waals surface area contributed by atoms with Gasteiger partial charge in [0.25, 0.3) is 5.69 Å². The molecule has 0 unspecified atom stereocenters. The molecule has 30 heavy (non-hydrogen) atoms. The van der Waals surface area contributed by atoms with E-state index in [1.807, 2.05) is 12.1 Å². The van der Waals surface area contributed by atoms with Gasteiger partial charge in [-0.15, -0.1) is 11.3 Å². The van der Waals surface area contributed by atoms with E-state index in [0.717, 1.165) is 5.39 Å². The summed E-state index contributed by atoms with van der Waals surface area (Å²) in [5, 5.41) is 17.7. The molecule has 4 rings (SSSR count). The topological polar surface area (TPSA) is 120 Å². The number of hydrogen-bond donors (Lipinski definition) is 1. The fourth-order valence-electron chi connectivity index (χ4n) is 2.75. The van der Waals surface area contributed by atoms with Gasteiger partial charge < -0.3 is 9.15 Å². The quantitative estimate of drug-likeness (QED) is 0.213. The third-order valence-electron chi connectivity index (χ3n) is 4.20. The molecule has 1 N–H and O–H groups in total. The predicted octanol–water partition coefficient (Wildman–Crippen LogP) is 4.28. The lowest BCUT2D eigenvalue weighted by atomic mass is 10.1. The molecular weight excluding hydrogens is 408 g/mol. The van der Waals surface area contributed by atoms with E-state index in [9.17, 15) is 14.9 Å². The number of nitro benzene ring substituents is 1. The van der Waals surface area contributed by atoms with Gasteiger partial charge in [-0.3, -0.25) is 15.5 Å². The molecule has 10 heteroatoms. The lowest BCUT2D eigenvalue weighted by Gasteiger charge is -2.04. The predicted molar refractivity (Wildman–Crippen MR) is 114 cm³/mol. The molecule has 0 radical (unpaired) electrons. The summed E-state index contributed by atoms with van der Waals surface area (Å²) < 4.78 is 10.7. The fourth-order valence-corrected chi connectivity index (χ4v) is 3.41. The van der Waals surface area contributed by atoms with Crippen LogP contribution in [-0.2, 0) is 0 Å². The van der Waals surface area contributed by atoms with Gasteiger partial charge in [0.2, 0.25) is 5.13 Å². The van der Waals surface area contributed by atoms with Gasteiger partial charge in [0.15, 0.2) is 11.3 Å². The Morgan fingerprint density at radius 3 is 2.80 bits per heavy atom. The minimum absolute atomic E-state index is 0.0107. The minimum atomic E-state index is -0.516. The van der Waals surface area contributed by atoms with E-state index < -0.39 is 10.5 Å². The van der Waals surface area contributed by atoms with Gasteiger partial charge in [-0.25, -0.2) is 9.78 Å². The van der Waals surface area contributed by atoms with E-state index in [1.54, 1.807) is 29.6 Å². The number of rotatable bonds is 6. The zero-order valence-electron chi connectivity index (χ0n) is 15.6. The Bertz CT molecular complexity index is 1310.